The van der Waals surface area contributed by atoms with Gasteiger partial charge in [0, 0.05) is 6.08 Å². The van der Waals surface area contributed by atoms with Crippen molar-refractivity contribution in [1.29, 1.82) is 0 Å². The number of carbonyl (C=O) groups is 2. The van der Waals surface area contributed by atoms with Gasteiger partial charge in [-0.15, -0.1) is 0 Å². The first-order valence-corrected chi connectivity index (χ1v) is 9.65. The molecule has 3 rings (SSSR count). The first-order valence-electron chi connectivity index (χ1n) is 9.65. The molecule has 7 nitrogen and oxygen atoms in total. The zero-order valence-corrected chi connectivity index (χ0v) is 17.5. The number of methoxy groups -OCH3 is 2. The Balaban J connectivity index is 1.52. The van der Waals surface area contributed by atoms with Gasteiger partial charge in [-0.1, -0.05) is 36.4 Å². The number of hydrogen-bond donors (Lipinski definition) is 2. The van der Waals surface area contributed by atoms with Gasteiger partial charge in [-0.05, 0) is 53.6 Å². The van der Waals surface area contributed by atoms with Crippen LogP contribution in [0.25, 0.3) is 16.8 Å². The fourth-order valence-electron chi connectivity index (χ4n) is 2.89. The average molecular weight is 420 g/mol. The van der Waals surface area contributed by atoms with Crippen molar-refractivity contribution in [3.05, 3.63) is 72.3 Å². The molecule has 160 valence electrons. The van der Waals surface area contributed by atoms with Crippen LogP contribution in [0.15, 0.2) is 66.7 Å². The summed E-state index contributed by atoms with van der Waals surface area (Å²) in [4.78, 5) is 24.3. The predicted molar refractivity (Wildman–Crippen MR) is 119 cm³/mol. The minimum Gasteiger partial charge on any atom is -0.493 e. The smallest absolute Gasteiger partial charge is 0.279 e. The number of ether oxygens (including phenoxy) is 3. The predicted octanol–water partition coefficient (Wildman–Crippen LogP) is 3.49. The van der Waals surface area contributed by atoms with Gasteiger partial charge in [0.05, 0.1) is 14.2 Å². The number of fused-ring (bicyclic) bond motifs is 1. The summed E-state index contributed by atoms with van der Waals surface area (Å²) in [5.74, 6) is 0.762. The second kappa shape index (κ2) is 10.2. The highest BCUT2D eigenvalue weighted by Crippen LogP contribution is 2.28. The molecule has 0 spiro atoms. The molecule has 0 aliphatic rings. The molecule has 0 saturated heterocycles. The van der Waals surface area contributed by atoms with Gasteiger partial charge in [-0.3, -0.25) is 20.4 Å². The molecule has 2 amide bonds. The van der Waals surface area contributed by atoms with Crippen molar-refractivity contribution in [2.45, 2.75) is 13.0 Å². The fourth-order valence-corrected chi connectivity index (χ4v) is 2.89. The minimum absolute atomic E-state index is 0.471. The Bertz CT molecular complexity index is 1110. The van der Waals surface area contributed by atoms with E-state index in [-0.39, 0.29) is 0 Å². The summed E-state index contributed by atoms with van der Waals surface area (Å²) in [6, 6.07) is 18.7. The van der Waals surface area contributed by atoms with Gasteiger partial charge in [-0.25, -0.2) is 0 Å². The SMILES string of the molecule is COc1ccc(/C=C/C(=O)NNC(=O)[C@H](C)Oc2ccc3ccccc3c2)cc1OC. The van der Waals surface area contributed by atoms with Crippen molar-refractivity contribution >= 4 is 28.7 Å². The summed E-state index contributed by atoms with van der Waals surface area (Å²) in [5, 5.41) is 2.10. The van der Waals surface area contributed by atoms with E-state index in [4.69, 9.17) is 14.2 Å². The zero-order valence-electron chi connectivity index (χ0n) is 17.5. The Morgan fingerprint density at radius 2 is 1.61 bits per heavy atom. The highest BCUT2D eigenvalue weighted by molar-refractivity contribution is 5.93. The van der Waals surface area contributed by atoms with Crippen LogP contribution in [0.4, 0.5) is 0 Å². The van der Waals surface area contributed by atoms with Crippen LogP contribution in [-0.4, -0.2) is 32.1 Å². The van der Waals surface area contributed by atoms with E-state index in [2.05, 4.69) is 10.9 Å². The van der Waals surface area contributed by atoms with Crippen molar-refractivity contribution in [3.8, 4) is 17.2 Å². The summed E-state index contributed by atoms with van der Waals surface area (Å²) in [5.41, 5.74) is 5.44. The number of nitrogens with one attached hydrogen (secondary N) is 2. The molecule has 0 fully saturated rings. The van der Waals surface area contributed by atoms with Crippen molar-refractivity contribution in [3.63, 3.8) is 0 Å². The van der Waals surface area contributed by atoms with Crippen molar-refractivity contribution < 1.29 is 23.8 Å². The molecular weight excluding hydrogens is 396 g/mol. The van der Waals surface area contributed by atoms with Crippen molar-refractivity contribution in [2.75, 3.05) is 14.2 Å². The van der Waals surface area contributed by atoms with Crippen LogP contribution in [0, 0.1) is 0 Å². The van der Waals surface area contributed by atoms with E-state index in [9.17, 15) is 9.59 Å². The van der Waals surface area contributed by atoms with Gasteiger partial charge < -0.3 is 14.2 Å². The van der Waals surface area contributed by atoms with Gasteiger partial charge in [0.15, 0.2) is 17.6 Å². The number of hydrogen-bond acceptors (Lipinski definition) is 5. The quantitative estimate of drug-likeness (QED) is 0.451. The normalized spacial score (nSPS) is 11.7. The van der Waals surface area contributed by atoms with E-state index in [1.807, 2.05) is 36.4 Å². The molecule has 0 aliphatic carbocycles. The minimum atomic E-state index is -0.795. The number of benzene rings is 3. The van der Waals surface area contributed by atoms with Crippen LogP contribution in [0.1, 0.15) is 12.5 Å². The molecule has 0 aliphatic heterocycles. The molecular formula is C24H24N2O5. The second-order valence-electron chi connectivity index (χ2n) is 6.70. The van der Waals surface area contributed by atoms with Gasteiger partial charge in [-0.2, -0.15) is 0 Å². The van der Waals surface area contributed by atoms with E-state index in [1.165, 1.54) is 13.2 Å². The number of hydrazine groups is 1. The molecule has 3 aromatic carbocycles. The Morgan fingerprint density at radius 1 is 0.871 bits per heavy atom. The average Bonchev–Trinajstić information content (AvgIpc) is 2.80. The Hall–Kier alpha value is -4.00. The van der Waals surface area contributed by atoms with Crippen LogP contribution >= 0.6 is 0 Å². The third-order valence-electron chi connectivity index (χ3n) is 4.55. The zero-order chi connectivity index (χ0) is 22.2. The Labute approximate surface area is 180 Å². The van der Waals surface area contributed by atoms with Gasteiger partial charge in [0.25, 0.3) is 11.8 Å². The molecule has 31 heavy (non-hydrogen) atoms. The molecule has 0 aromatic heterocycles. The monoisotopic (exact) mass is 420 g/mol. The Morgan fingerprint density at radius 3 is 2.35 bits per heavy atom. The molecule has 7 heteroatoms. The van der Waals surface area contributed by atoms with Crippen LogP contribution in [-0.2, 0) is 9.59 Å². The highest BCUT2D eigenvalue weighted by atomic mass is 16.5. The van der Waals surface area contributed by atoms with Crippen molar-refractivity contribution in [2.24, 2.45) is 0 Å². The standard InChI is InChI=1S/C24H24N2O5/c1-16(31-20-11-10-18-6-4-5-7-19(18)15-20)24(28)26-25-23(27)13-9-17-8-12-21(29-2)22(14-17)30-3/h4-16H,1-3H3,(H,25,27)(H,26,28)/b13-9+/t16-/m0/s1. The maximum Gasteiger partial charge on any atom is 0.279 e. The van der Waals surface area contributed by atoms with Gasteiger partial charge in [0.1, 0.15) is 5.75 Å². The van der Waals surface area contributed by atoms with Gasteiger partial charge >= 0.3 is 0 Å². The number of amides is 2. The lowest BCUT2D eigenvalue weighted by molar-refractivity contribution is -0.131. The maximum atomic E-state index is 12.2. The van der Waals surface area contributed by atoms with Crippen LogP contribution in [0.3, 0.4) is 0 Å². The molecule has 0 bridgehead atoms. The van der Waals surface area contributed by atoms with E-state index < -0.39 is 17.9 Å². The molecule has 0 heterocycles. The lowest BCUT2D eigenvalue weighted by Gasteiger charge is -2.15. The fraction of sp³-hybridized carbons (Fsp3) is 0.167. The van der Waals surface area contributed by atoms with Crippen LogP contribution in [0.5, 0.6) is 17.2 Å². The summed E-state index contributed by atoms with van der Waals surface area (Å²) >= 11 is 0. The van der Waals surface area contributed by atoms with Crippen LogP contribution < -0.4 is 25.1 Å². The molecule has 3 aromatic rings. The number of carbonyl (C=O) groups excluding carboxylic acids is 2. The summed E-state index contributed by atoms with van der Waals surface area (Å²) in [6.07, 6.45) is 2.10. The number of rotatable bonds is 7. The van der Waals surface area contributed by atoms with Crippen molar-refractivity contribution in [1.82, 2.24) is 10.9 Å². The van der Waals surface area contributed by atoms with Gasteiger partial charge in [0.2, 0.25) is 0 Å². The van der Waals surface area contributed by atoms with E-state index >= 15 is 0 Å². The third-order valence-corrected chi connectivity index (χ3v) is 4.55. The lowest BCUT2D eigenvalue weighted by atomic mass is 10.1. The molecule has 0 saturated carbocycles. The second-order valence-corrected chi connectivity index (χ2v) is 6.70. The first-order chi connectivity index (χ1) is 15.0. The molecule has 0 radical (unpaired) electrons. The van der Waals surface area contributed by atoms with E-state index in [1.54, 1.807) is 44.4 Å². The summed E-state index contributed by atoms with van der Waals surface area (Å²) in [7, 11) is 3.09. The molecule has 2 N–H and O–H groups in total. The summed E-state index contributed by atoms with van der Waals surface area (Å²) in [6.45, 7) is 1.61. The third kappa shape index (κ3) is 5.76. The van der Waals surface area contributed by atoms with E-state index in [0.29, 0.717) is 17.2 Å². The maximum absolute atomic E-state index is 12.2. The lowest BCUT2D eigenvalue weighted by Crippen LogP contribution is -2.46. The van der Waals surface area contributed by atoms with E-state index in [0.717, 1.165) is 16.3 Å². The molecule has 0 unspecified atom stereocenters. The highest BCUT2D eigenvalue weighted by Gasteiger charge is 2.15. The van der Waals surface area contributed by atoms with Crippen LogP contribution in [0.2, 0.25) is 0 Å². The first kappa shape index (κ1) is 21.7. The largest absolute Gasteiger partial charge is 0.493 e. The topological polar surface area (TPSA) is 85.9 Å². The Kier molecular flexibility index (Phi) is 7.11. The molecule has 1 atom stereocenters. The summed E-state index contributed by atoms with van der Waals surface area (Å²) < 4.78 is 16.1.